The Balaban J connectivity index is 1.76. The van der Waals surface area contributed by atoms with Gasteiger partial charge in [0.1, 0.15) is 24.0 Å². The molecule has 2 unspecified atom stereocenters. The molecule has 0 saturated carbocycles. The number of benzene rings is 1. The Morgan fingerprint density at radius 1 is 1.20 bits per heavy atom. The molecule has 128 valence electrons. The van der Waals surface area contributed by atoms with Crippen molar-refractivity contribution in [1.29, 1.82) is 0 Å². The average Bonchev–Trinajstić information content (AvgIpc) is 3.26. The van der Waals surface area contributed by atoms with Crippen LogP contribution in [0, 0.1) is 0 Å². The molecule has 1 fully saturated rings. The fourth-order valence-electron chi connectivity index (χ4n) is 3.26. The Kier molecular flexibility index (Phi) is 4.21. The van der Waals surface area contributed by atoms with Gasteiger partial charge in [0.05, 0.1) is 18.1 Å². The van der Waals surface area contributed by atoms with Crippen LogP contribution in [0.5, 0.6) is 0 Å². The van der Waals surface area contributed by atoms with Gasteiger partial charge in [0, 0.05) is 11.8 Å². The zero-order valence-corrected chi connectivity index (χ0v) is 13.7. The number of aliphatic hydroxyl groups excluding tert-OH is 1. The van der Waals surface area contributed by atoms with E-state index in [9.17, 15) is 5.11 Å². The van der Waals surface area contributed by atoms with Crippen LogP contribution in [-0.2, 0) is 4.74 Å². The van der Waals surface area contributed by atoms with Crippen LogP contribution in [0.15, 0.2) is 42.9 Å². The van der Waals surface area contributed by atoms with E-state index in [4.69, 9.17) is 10.5 Å². The Morgan fingerprint density at radius 3 is 2.80 bits per heavy atom. The summed E-state index contributed by atoms with van der Waals surface area (Å²) in [7, 11) is 0. The second-order valence-electron chi connectivity index (χ2n) is 6.17. The van der Waals surface area contributed by atoms with Crippen molar-refractivity contribution >= 4 is 29.0 Å². The van der Waals surface area contributed by atoms with Crippen molar-refractivity contribution in [2.45, 2.75) is 25.2 Å². The van der Waals surface area contributed by atoms with E-state index in [1.165, 1.54) is 6.33 Å². The molecule has 25 heavy (non-hydrogen) atoms. The van der Waals surface area contributed by atoms with Gasteiger partial charge in [0.25, 0.3) is 0 Å². The average molecular weight is 336 g/mol. The van der Waals surface area contributed by atoms with Crippen LogP contribution in [0.4, 0.5) is 5.82 Å². The van der Waals surface area contributed by atoms with Crippen molar-refractivity contribution in [2.24, 2.45) is 0 Å². The number of hydrogen-bond acceptors (Lipinski definition) is 5. The van der Waals surface area contributed by atoms with Crippen molar-refractivity contribution < 1.29 is 9.84 Å². The molecule has 0 radical (unpaired) electrons. The minimum Gasteiger partial charge on any atom is -0.394 e. The van der Waals surface area contributed by atoms with Crippen LogP contribution in [0.3, 0.4) is 0 Å². The summed E-state index contributed by atoms with van der Waals surface area (Å²) in [6.07, 6.45) is 8.93. The van der Waals surface area contributed by atoms with E-state index in [2.05, 4.69) is 9.97 Å². The van der Waals surface area contributed by atoms with Crippen molar-refractivity contribution in [3.05, 3.63) is 54.0 Å². The van der Waals surface area contributed by atoms with Gasteiger partial charge in [-0.25, -0.2) is 9.97 Å². The van der Waals surface area contributed by atoms with Crippen molar-refractivity contribution in [1.82, 2.24) is 14.5 Å². The molecule has 0 amide bonds. The first-order valence-corrected chi connectivity index (χ1v) is 8.36. The molecular formula is C19H20N4O2. The van der Waals surface area contributed by atoms with Gasteiger partial charge in [-0.05, 0) is 18.4 Å². The third-order valence-electron chi connectivity index (χ3n) is 4.52. The zero-order valence-electron chi connectivity index (χ0n) is 13.7. The van der Waals surface area contributed by atoms with Crippen LogP contribution < -0.4 is 5.73 Å². The number of aromatic nitrogens is 3. The molecule has 3 aromatic rings. The summed E-state index contributed by atoms with van der Waals surface area (Å²) in [5, 5.41) is 10.1. The highest BCUT2D eigenvalue weighted by molar-refractivity contribution is 5.96. The molecule has 6 nitrogen and oxygen atoms in total. The highest BCUT2D eigenvalue weighted by Gasteiger charge is 2.28. The highest BCUT2D eigenvalue weighted by atomic mass is 16.5. The predicted octanol–water partition coefficient (Wildman–Crippen LogP) is 2.85. The lowest BCUT2D eigenvalue weighted by molar-refractivity contribution is -0.0204. The van der Waals surface area contributed by atoms with Crippen LogP contribution in [0.1, 0.15) is 30.2 Å². The smallest absolute Gasteiger partial charge is 0.148 e. The number of rotatable bonds is 4. The molecule has 3 heterocycles. The fraction of sp³-hybridized carbons (Fsp3) is 0.263. The molecule has 1 aromatic carbocycles. The second-order valence-corrected chi connectivity index (χ2v) is 6.17. The molecule has 2 aromatic heterocycles. The summed E-state index contributed by atoms with van der Waals surface area (Å²) in [4.78, 5) is 8.54. The normalized spacial score (nSPS) is 20.7. The summed E-state index contributed by atoms with van der Waals surface area (Å²) in [5.41, 5.74) is 8.93. The van der Waals surface area contributed by atoms with Crippen LogP contribution in [-0.4, -0.2) is 32.4 Å². The number of nitrogens with two attached hydrogens (primary N) is 1. The van der Waals surface area contributed by atoms with E-state index < -0.39 is 0 Å². The summed E-state index contributed by atoms with van der Waals surface area (Å²) >= 11 is 0. The number of hydrogen-bond donors (Lipinski definition) is 2. The first kappa shape index (κ1) is 15.8. The van der Waals surface area contributed by atoms with Crippen LogP contribution in [0.25, 0.3) is 23.2 Å². The van der Waals surface area contributed by atoms with Crippen molar-refractivity contribution in [3.8, 4) is 0 Å². The summed E-state index contributed by atoms with van der Waals surface area (Å²) in [5.74, 6) is 0.452. The van der Waals surface area contributed by atoms with Gasteiger partial charge in [0.2, 0.25) is 0 Å². The van der Waals surface area contributed by atoms with Gasteiger partial charge in [-0.2, -0.15) is 0 Å². The lowest BCUT2D eigenvalue weighted by atomic mass is 10.1. The molecule has 1 aliphatic heterocycles. The molecule has 2 atom stereocenters. The van der Waals surface area contributed by atoms with E-state index >= 15 is 0 Å². The third-order valence-corrected chi connectivity index (χ3v) is 4.52. The first-order chi connectivity index (χ1) is 12.3. The van der Waals surface area contributed by atoms with Gasteiger partial charge >= 0.3 is 0 Å². The van der Waals surface area contributed by atoms with E-state index in [1.54, 1.807) is 0 Å². The number of ether oxygens (including phenoxy) is 1. The minimum atomic E-state index is -0.146. The third kappa shape index (κ3) is 3.01. The Hall–Kier alpha value is -2.70. The summed E-state index contributed by atoms with van der Waals surface area (Å²) < 4.78 is 7.90. The number of nitrogen functional groups attached to an aromatic ring is 1. The Labute approximate surface area is 145 Å². The van der Waals surface area contributed by atoms with Crippen molar-refractivity contribution in [3.63, 3.8) is 0 Å². The molecular weight excluding hydrogens is 316 g/mol. The van der Waals surface area contributed by atoms with Crippen LogP contribution >= 0.6 is 0 Å². The molecule has 4 rings (SSSR count). The predicted molar refractivity (Wildman–Crippen MR) is 97.5 cm³/mol. The molecule has 1 saturated heterocycles. The summed E-state index contributed by atoms with van der Waals surface area (Å²) in [6.45, 7) is 0.0353. The largest absolute Gasteiger partial charge is 0.394 e. The standard InChI is InChI=1S/C19H20N4O2/c20-18-17-14(7-6-13-4-2-1-3-5-13)10-23(19(17)22-12-21-18)16-9-8-15(11-24)25-16/h1-7,10,12,15-16,24H,8-9,11H2,(H2,20,21,22)/b7-6+. The second kappa shape index (κ2) is 6.66. The maximum absolute atomic E-state index is 9.31. The Morgan fingerprint density at radius 2 is 2.04 bits per heavy atom. The molecule has 0 aliphatic carbocycles. The van der Waals surface area contributed by atoms with Gasteiger partial charge in [-0.1, -0.05) is 42.5 Å². The maximum atomic E-state index is 9.31. The van der Waals surface area contributed by atoms with E-state index in [-0.39, 0.29) is 18.9 Å². The maximum Gasteiger partial charge on any atom is 0.148 e. The lowest BCUT2D eigenvalue weighted by Crippen LogP contribution is -2.14. The molecule has 3 N–H and O–H groups in total. The highest BCUT2D eigenvalue weighted by Crippen LogP contribution is 2.34. The summed E-state index contributed by atoms with van der Waals surface area (Å²) in [6, 6.07) is 10.1. The van der Waals surface area contributed by atoms with Gasteiger partial charge < -0.3 is 20.1 Å². The van der Waals surface area contributed by atoms with Gasteiger partial charge in [0.15, 0.2) is 0 Å². The molecule has 6 heteroatoms. The van der Waals surface area contributed by atoms with E-state index in [0.29, 0.717) is 5.82 Å². The molecule has 0 bridgehead atoms. The van der Waals surface area contributed by atoms with Gasteiger partial charge in [-0.15, -0.1) is 0 Å². The molecule has 0 spiro atoms. The fourth-order valence-corrected chi connectivity index (χ4v) is 3.26. The number of fused-ring (bicyclic) bond motifs is 1. The monoisotopic (exact) mass is 336 g/mol. The number of nitrogens with zero attached hydrogens (tertiary/aromatic N) is 3. The van der Waals surface area contributed by atoms with E-state index in [1.807, 2.05) is 53.2 Å². The number of aliphatic hydroxyl groups is 1. The van der Waals surface area contributed by atoms with Crippen LogP contribution in [0.2, 0.25) is 0 Å². The minimum absolute atomic E-state index is 0.0353. The number of anilines is 1. The first-order valence-electron chi connectivity index (χ1n) is 8.36. The Bertz CT molecular complexity index is 904. The van der Waals surface area contributed by atoms with Crippen molar-refractivity contribution in [2.75, 3.05) is 12.3 Å². The quantitative estimate of drug-likeness (QED) is 0.765. The lowest BCUT2D eigenvalue weighted by Gasteiger charge is -2.14. The van der Waals surface area contributed by atoms with Gasteiger partial charge in [-0.3, -0.25) is 0 Å². The van der Waals surface area contributed by atoms with E-state index in [0.717, 1.165) is 35.0 Å². The SMILES string of the molecule is Nc1ncnc2c1c(/C=C/c1ccccc1)cn2C1CCC(CO)O1. The zero-order chi connectivity index (χ0) is 17.2. The topological polar surface area (TPSA) is 86.2 Å². The molecule has 1 aliphatic rings.